The molecule has 1 aromatic heterocycles. The molecule has 27 heavy (non-hydrogen) atoms. The highest BCUT2D eigenvalue weighted by Gasteiger charge is 2.21. The van der Waals surface area contributed by atoms with E-state index in [0.29, 0.717) is 25.5 Å². The zero-order valence-electron chi connectivity index (χ0n) is 15.5. The summed E-state index contributed by atoms with van der Waals surface area (Å²) in [5.41, 5.74) is 1.81. The van der Waals surface area contributed by atoms with Gasteiger partial charge in [0.05, 0.1) is 18.8 Å². The first kappa shape index (κ1) is 19.1. The molecule has 0 spiro atoms. The molecule has 2 N–H and O–H groups in total. The zero-order valence-corrected chi connectivity index (χ0v) is 15.5. The highest BCUT2D eigenvalue weighted by Crippen LogP contribution is 2.09. The van der Waals surface area contributed by atoms with Gasteiger partial charge in [-0.05, 0) is 12.5 Å². The SMILES string of the molecule is Cc1cc(NC(=O)CN2CCN(CC(=O)NCc3ccccc3)CC2)on1. The van der Waals surface area contributed by atoms with Crippen LogP contribution in [-0.2, 0) is 16.1 Å². The van der Waals surface area contributed by atoms with Crippen molar-refractivity contribution in [2.75, 3.05) is 44.6 Å². The molecule has 0 atom stereocenters. The lowest BCUT2D eigenvalue weighted by molar-refractivity contribution is -0.123. The van der Waals surface area contributed by atoms with E-state index in [0.717, 1.165) is 37.4 Å². The number of rotatable bonds is 7. The molecule has 8 nitrogen and oxygen atoms in total. The largest absolute Gasteiger partial charge is 0.351 e. The van der Waals surface area contributed by atoms with Gasteiger partial charge in [-0.1, -0.05) is 35.5 Å². The number of aromatic nitrogens is 1. The predicted octanol–water partition coefficient (Wildman–Crippen LogP) is 0.856. The van der Waals surface area contributed by atoms with Crippen molar-refractivity contribution >= 4 is 17.7 Å². The van der Waals surface area contributed by atoms with Crippen LogP contribution < -0.4 is 10.6 Å². The lowest BCUT2D eigenvalue weighted by Gasteiger charge is -2.33. The van der Waals surface area contributed by atoms with E-state index in [1.807, 2.05) is 30.3 Å². The molecule has 144 valence electrons. The average molecular weight is 371 g/mol. The summed E-state index contributed by atoms with van der Waals surface area (Å²) in [5, 5.41) is 9.38. The van der Waals surface area contributed by atoms with Crippen LogP contribution in [0.2, 0.25) is 0 Å². The standard InChI is InChI=1S/C19H25N5O3/c1-15-11-19(27-22-15)21-18(26)14-24-9-7-23(8-10-24)13-17(25)20-12-16-5-3-2-4-6-16/h2-6,11H,7-10,12-14H2,1H3,(H,20,25)(H,21,26). The smallest absolute Gasteiger partial charge is 0.240 e. The number of nitrogens with zero attached hydrogens (tertiary/aromatic N) is 3. The van der Waals surface area contributed by atoms with E-state index in [2.05, 4.69) is 25.6 Å². The average Bonchev–Trinajstić information content (AvgIpc) is 3.07. The molecular formula is C19H25N5O3. The molecule has 0 bridgehead atoms. The van der Waals surface area contributed by atoms with E-state index in [1.165, 1.54) is 0 Å². The van der Waals surface area contributed by atoms with Crippen molar-refractivity contribution in [2.45, 2.75) is 13.5 Å². The van der Waals surface area contributed by atoms with E-state index in [9.17, 15) is 9.59 Å². The second kappa shape index (κ2) is 9.29. The summed E-state index contributed by atoms with van der Waals surface area (Å²) in [6.45, 7) is 6.03. The van der Waals surface area contributed by atoms with Gasteiger partial charge in [0.1, 0.15) is 0 Å². The maximum absolute atomic E-state index is 12.1. The van der Waals surface area contributed by atoms with Crippen LogP contribution >= 0.6 is 0 Å². The molecule has 0 saturated carbocycles. The van der Waals surface area contributed by atoms with Crippen LogP contribution in [0.15, 0.2) is 40.9 Å². The number of nitrogens with one attached hydrogen (secondary N) is 2. The highest BCUT2D eigenvalue weighted by atomic mass is 16.5. The monoisotopic (exact) mass is 371 g/mol. The maximum Gasteiger partial charge on any atom is 0.240 e. The van der Waals surface area contributed by atoms with Crippen LogP contribution in [0.4, 0.5) is 5.88 Å². The Bertz CT molecular complexity index is 754. The van der Waals surface area contributed by atoms with Crippen molar-refractivity contribution < 1.29 is 14.1 Å². The molecule has 1 aliphatic rings. The van der Waals surface area contributed by atoms with Gasteiger partial charge in [0.2, 0.25) is 17.7 Å². The Hall–Kier alpha value is -2.71. The second-order valence-corrected chi connectivity index (χ2v) is 6.70. The van der Waals surface area contributed by atoms with Gasteiger partial charge in [-0.25, -0.2) is 0 Å². The lowest BCUT2D eigenvalue weighted by atomic mass is 10.2. The topological polar surface area (TPSA) is 90.7 Å². The van der Waals surface area contributed by atoms with E-state index >= 15 is 0 Å². The maximum atomic E-state index is 12.1. The third-order valence-corrected chi connectivity index (χ3v) is 4.42. The van der Waals surface area contributed by atoms with Crippen LogP contribution in [0.5, 0.6) is 0 Å². The van der Waals surface area contributed by atoms with E-state index < -0.39 is 0 Å². The summed E-state index contributed by atoms with van der Waals surface area (Å²) in [6, 6.07) is 11.5. The minimum Gasteiger partial charge on any atom is -0.351 e. The minimum absolute atomic E-state index is 0.0192. The Balaban J connectivity index is 1.33. The fraction of sp³-hybridized carbons (Fsp3) is 0.421. The van der Waals surface area contributed by atoms with Crippen LogP contribution in [-0.4, -0.2) is 66.0 Å². The molecule has 0 radical (unpaired) electrons. The van der Waals surface area contributed by atoms with E-state index in [1.54, 1.807) is 13.0 Å². The van der Waals surface area contributed by atoms with E-state index in [4.69, 9.17) is 4.52 Å². The van der Waals surface area contributed by atoms with Crippen LogP contribution in [0.3, 0.4) is 0 Å². The molecule has 2 heterocycles. The number of piperazine rings is 1. The molecule has 1 saturated heterocycles. The van der Waals surface area contributed by atoms with Gasteiger partial charge in [-0.2, -0.15) is 0 Å². The summed E-state index contributed by atoms with van der Waals surface area (Å²) in [5.74, 6) is 0.261. The molecule has 1 fully saturated rings. The van der Waals surface area contributed by atoms with Gasteiger partial charge >= 0.3 is 0 Å². The first-order valence-electron chi connectivity index (χ1n) is 9.07. The Kier molecular flexibility index (Phi) is 6.56. The Morgan fingerprint density at radius 2 is 1.67 bits per heavy atom. The first-order chi connectivity index (χ1) is 13.1. The molecule has 3 rings (SSSR count). The fourth-order valence-electron chi connectivity index (χ4n) is 2.96. The minimum atomic E-state index is -0.125. The number of carbonyl (C=O) groups is 2. The van der Waals surface area contributed by atoms with Crippen molar-refractivity contribution in [3.63, 3.8) is 0 Å². The quantitative estimate of drug-likeness (QED) is 0.750. The number of hydrogen-bond donors (Lipinski definition) is 2. The van der Waals surface area contributed by atoms with Gasteiger partial charge in [0.25, 0.3) is 0 Å². The van der Waals surface area contributed by atoms with Gasteiger partial charge in [-0.3, -0.25) is 24.7 Å². The Morgan fingerprint density at radius 3 is 2.26 bits per heavy atom. The van der Waals surface area contributed by atoms with Crippen molar-refractivity contribution in [2.24, 2.45) is 0 Å². The first-order valence-corrected chi connectivity index (χ1v) is 9.07. The van der Waals surface area contributed by atoms with Crippen molar-refractivity contribution in [1.82, 2.24) is 20.3 Å². The van der Waals surface area contributed by atoms with Crippen molar-refractivity contribution in [3.05, 3.63) is 47.7 Å². The van der Waals surface area contributed by atoms with Gasteiger partial charge in [-0.15, -0.1) is 0 Å². The summed E-state index contributed by atoms with van der Waals surface area (Å²) in [6.07, 6.45) is 0. The van der Waals surface area contributed by atoms with Crippen molar-refractivity contribution in [3.8, 4) is 0 Å². The van der Waals surface area contributed by atoms with Crippen LogP contribution in [0, 0.1) is 6.92 Å². The number of hydrogen-bond acceptors (Lipinski definition) is 6. The molecule has 0 unspecified atom stereocenters. The molecule has 1 aromatic carbocycles. The van der Waals surface area contributed by atoms with Crippen LogP contribution in [0.1, 0.15) is 11.3 Å². The lowest BCUT2D eigenvalue weighted by Crippen LogP contribution is -2.50. The van der Waals surface area contributed by atoms with Gasteiger partial charge < -0.3 is 9.84 Å². The summed E-state index contributed by atoms with van der Waals surface area (Å²) < 4.78 is 4.99. The second-order valence-electron chi connectivity index (χ2n) is 6.70. The molecule has 2 amide bonds. The molecule has 1 aliphatic heterocycles. The fourth-order valence-corrected chi connectivity index (χ4v) is 2.96. The molecule has 2 aromatic rings. The summed E-state index contributed by atoms with van der Waals surface area (Å²) >= 11 is 0. The predicted molar refractivity (Wildman–Crippen MR) is 101 cm³/mol. The molecule has 0 aliphatic carbocycles. The third kappa shape index (κ3) is 6.19. The Labute approximate surface area is 158 Å². The van der Waals surface area contributed by atoms with Gasteiger partial charge in [0, 0.05) is 38.8 Å². The molecular weight excluding hydrogens is 346 g/mol. The number of benzene rings is 1. The zero-order chi connectivity index (χ0) is 19.1. The summed E-state index contributed by atoms with van der Waals surface area (Å²) in [4.78, 5) is 28.3. The van der Waals surface area contributed by atoms with Gasteiger partial charge in [0.15, 0.2) is 0 Å². The highest BCUT2D eigenvalue weighted by molar-refractivity contribution is 5.90. The van der Waals surface area contributed by atoms with E-state index in [-0.39, 0.29) is 11.8 Å². The Morgan fingerprint density at radius 1 is 1.04 bits per heavy atom. The number of aryl methyl sites for hydroxylation is 1. The number of carbonyl (C=O) groups excluding carboxylic acids is 2. The van der Waals surface area contributed by atoms with Crippen LogP contribution in [0.25, 0.3) is 0 Å². The molecule has 8 heteroatoms. The number of amides is 2. The van der Waals surface area contributed by atoms with Crippen molar-refractivity contribution in [1.29, 1.82) is 0 Å². The number of anilines is 1. The third-order valence-electron chi connectivity index (χ3n) is 4.42. The normalized spacial score (nSPS) is 15.4. The summed E-state index contributed by atoms with van der Waals surface area (Å²) in [7, 11) is 0.